The van der Waals surface area contributed by atoms with Gasteiger partial charge in [0.15, 0.2) is 5.65 Å². The predicted molar refractivity (Wildman–Crippen MR) is 92.8 cm³/mol. The number of nitrogens with zero attached hydrogens (tertiary/aromatic N) is 3. The van der Waals surface area contributed by atoms with E-state index in [1.807, 2.05) is 37.3 Å². The van der Waals surface area contributed by atoms with Crippen molar-refractivity contribution in [2.45, 2.75) is 19.8 Å². The number of carboxylic acid groups (broad SMARTS) is 1. The monoisotopic (exact) mass is 319 g/mol. The number of pyridine rings is 1. The summed E-state index contributed by atoms with van der Waals surface area (Å²) in [6.45, 7) is 1.83. The normalized spacial score (nSPS) is 15.2. The van der Waals surface area contributed by atoms with E-state index < -0.39 is 5.97 Å². The minimum Gasteiger partial charge on any atom is -0.478 e. The molecule has 0 amide bonds. The number of hydrogen-bond acceptors (Lipinski definition) is 3. The van der Waals surface area contributed by atoms with Gasteiger partial charge in [-0.05, 0) is 42.5 Å². The molecule has 0 saturated heterocycles. The van der Waals surface area contributed by atoms with E-state index in [4.69, 9.17) is 4.98 Å². The number of carbonyl (C=O) groups is 1. The molecule has 3 aromatic rings. The molecule has 4 rings (SSSR count). The average Bonchev–Trinajstić information content (AvgIpc) is 3.08. The van der Waals surface area contributed by atoms with Gasteiger partial charge in [-0.1, -0.05) is 30.3 Å². The van der Waals surface area contributed by atoms with Gasteiger partial charge in [-0.3, -0.25) is 4.68 Å². The van der Waals surface area contributed by atoms with Crippen LogP contribution in [0.1, 0.15) is 39.3 Å². The minimum absolute atomic E-state index is 0.358. The van der Waals surface area contributed by atoms with Gasteiger partial charge in [0.1, 0.15) is 0 Å². The molecule has 1 aromatic carbocycles. The van der Waals surface area contributed by atoms with Crippen molar-refractivity contribution >= 4 is 28.7 Å². The summed E-state index contributed by atoms with van der Waals surface area (Å²) in [6, 6.07) is 10.0. The van der Waals surface area contributed by atoms with E-state index in [9.17, 15) is 9.90 Å². The largest absolute Gasteiger partial charge is 0.478 e. The number of aromatic nitrogens is 3. The topological polar surface area (TPSA) is 68.0 Å². The number of aromatic carboxylic acids is 1. The average molecular weight is 319 g/mol. The van der Waals surface area contributed by atoms with Gasteiger partial charge in [-0.25, -0.2) is 9.78 Å². The van der Waals surface area contributed by atoms with Gasteiger partial charge < -0.3 is 5.11 Å². The SMILES string of the molecule is Cc1nn(C)c2nc3c(c(C(=O)O)c12)CC/C3=C\c1ccccc1. The predicted octanol–water partition coefficient (Wildman–Crippen LogP) is 3.46. The van der Waals surface area contributed by atoms with E-state index in [-0.39, 0.29) is 0 Å². The molecule has 120 valence electrons. The zero-order chi connectivity index (χ0) is 16.8. The maximum absolute atomic E-state index is 11.9. The fourth-order valence-electron chi connectivity index (χ4n) is 3.52. The third-order valence-corrected chi connectivity index (χ3v) is 4.55. The molecule has 0 saturated carbocycles. The molecule has 0 bridgehead atoms. The zero-order valence-corrected chi connectivity index (χ0v) is 13.6. The van der Waals surface area contributed by atoms with Crippen LogP contribution in [0, 0.1) is 6.92 Å². The Morgan fingerprint density at radius 2 is 2.00 bits per heavy atom. The number of aryl methyl sites for hydroxylation is 2. The molecule has 0 spiro atoms. The summed E-state index contributed by atoms with van der Waals surface area (Å²) in [6.07, 6.45) is 3.60. The van der Waals surface area contributed by atoms with E-state index in [1.165, 1.54) is 0 Å². The van der Waals surface area contributed by atoms with Crippen molar-refractivity contribution in [1.29, 1.82) is 0 Å². The van der Waals surface area contributed by atoms with Gasteiger partial charge in [-0.2, -0.15) is 5.10 Å². The standard InChI is InChI=1S/C19H17N3O2/c1-11-15-16(19(23)24)14-9-8-13(10-12-6-4-3-5-7-12)17(14)20-18(15)22(2)21-11/h3-7,10H,8-9H2,1-2H3,(H,23,24)/b13-10+. The third-order valence-electron chi connectivity index (χ3n) is 4.55. The Hall–Kier alpha value is -2.95. The second-order valence-corrected chi connectivity index (χ2v) is 6.11. The van der Waals surface area contributed by atoms with Crippen LogP contribution in [-0.2, 0) is 13.5 Å². The summed E-state index contributed by atoms with van der Waals surface area (Å²) in [5.41, 5.74) is 5.50. The quantitative estimate of drug-likeness (QED) is 0.785. The Morgan fingerprint density at radius 3 is 2.71 bits per heavy atom. The van der Waals surface area contributed by atoms with E-state index in [0.29, 0.717) is 28.7 Å². The Morgan fingerprint density at radius 1 is 1.25 bits per heavy atom. The molecule has 0 radical (unpaired) electrons. The van der Waals surface area contributed by atoms with Crippen molar-refractivity contribution in [3.8, 4) is 0 Å². The lowest BCUT2D eigenvalue weighted by Crippen LogP contribution is -2.06. The first-order valence-electron chi connectivity index (χ1n) is 7.91. The van der Waals surface area contributed by atoms with Gasteiger partial charge in [0.25, 0.3) is 0 Å². The van der Waals surface area contributed by atoms with Crippen LogP contribution >= 0.6 is 0 Å². The molecule has 0 unspecified atom stereocenters. The third kappa shape index (κ3) is 2.12. The molecule has 0 aliphatic heterocycles. The van der Waals surface area contributed by atoms with Gasteiger partial charge in [0.05, 0.1) is 22.3 Å². The van der Waals surface area contributed by atoms with Crippen molar-refractivity contribution in [2.24, 2.45) is 7.05 Å². The summed E-state index contributed by atoms with van der Waals surface area (Å²) in [4.78, 5) is 16.7. The molecule has 0 atom stereocenters. The smallest absolute Gasteiger partial charge is 0.336 e. The van der Waals surface area contributed by atoms with E-state index in [2.05, 4.69) is 11.2 Å². The molecular formula is C19H17N3O2. The molecule has 1 aliphatic rings. The fraction of sp³-hybridized carbons (Fsp3) is 0.211. The van der Waals surface area contributed by atoms with Crippen LogP contribution in [0.3, 0.4) is 0 Å². The van der Waals surface area contributed by atoms with Crippen molar-refractivity contribution in [3.63, 3.8) is 0 Å². The zero-order valence-electron chi connectivity index (χ0n) is 13.6. The molecule has 1 N–H and O–H groups in total. The van der Waals surface area contributed by atoms with Gasteiger partial charge in [-0.15, -0.1) is 0 Å². The molecule has 2 heterocycles. The number of fused-ring (bicyclic) bond motifs is 2. The number of carboxylic acids is 1. The summed E-state index contributed by atoms with van der Waals surface area (Å²) in [7, 11) is 1.80. The highest BCUT2D eigenvalue weighted by Crippen LogP contribution is 2.38. The summed E-state index contributed by atoms with van der Waals surface area (Å²) in [5.74, 6) is -0.907. The van der Waals surface area contributed by atoms with Crippen LogP contribution in [0.5, 0.6) is 0 Å². The second-order valence-electron chi connectivity index (χ2n) is 6.11. The number of benzene rings is 1. The first-order valence-corrected chi connectivity index (χ1v) is 7.91. The van der Waals surface area contributed by atoms with Crippen LogP contribution in [0.25, 0.3) is 22.7 Å². The number of rotatable bonds is 2. The molecular weight excluding hydrogens is 302 g/mol. The highest BCUT2D eigenvalue weighted by Gasteiger charge is 2.29. The van der Waals surface area contributed by atoms with Crippen LogP contribution in [-0.4, -0.2) is 25.8 Å². The van der Waals surface area contributed by atoms with E-state index in [1.54, 1.807) is 11.7 Å². The Labute approximate surface area is 139 Å². The van der Waals surface area contributed by atoms with Crippen LogP contribution in [0.4, 0.5) is 0 Å². The number of hydrogen-bond donors (Lipinski definition) is 1. The molecule has 5 nitrogen and oxygen atoms in total. The highest BCUT2D eigenvalue weighted by atomic mass is 16.4. The minimum atomic E-state index is -0.907. The summed E-state index contributed by atoms with van der Waals surface area (Å²) < 4.78 is 1.66. The van der Waals surface area contributed by atoms with Gasteiger partial charge in [0, 0.05) is 7.05 Å². The summed E-state index contributed by atoms with van der Waals surface area (Å²) >= 11 is 0. The molecule has 5 heteroatoms. The Kier molecular flexibility index (Phi) is 3.23. The molecule has 24 heavy (non-hydrogen) atoms. The molecule has 2 aromatic heterocycles. The first-order chi connectivity index (χ1) is 11.6. The molecule has 1 aliphatic carbocycles. The lowest BCUT2D eigenvalue weighted by Gasteiger charge is -2.07. The lowest BCUT2D eigenvalue weighted by atomic mass is 10.0. The second kappa shape index (κ2) is 5.30. The fourth-order valence-corrected chi connectivity index (χ4v) is 3.52. The van der Waals surface area contributed by atoms with E-state index >= 15 is 0 Å². The Balaban J connectivity index is 2.00. The summed E-state index contributed by atoms with van der Waals surface area (Å²) in [5, 5.41) is 14.8. The van der Waals surface area contributed by atoms with Crippen LogP contribution in [0.2, 0.25) is 0 Å². The highest BCUT2D eigenvalue weighted by molar-refractivity contribution is 6.06. The van der Waals surface area contributed by atoms with Crippen LogP contribution in [0.15, 0.2) is 30.3 Å². The Bertz CT molecular complexity index is 1000. The van der Waals surface area contributed by atoms with Crippen molar-refractivity contribution in [3.05, 3.63) is 58.4 Å². The maximum atomic E-state index is 11.9. The maximum Gasteiger partial charge on any atom is 0.336 e. The van der Waals surface area contributed by atoms with Crippen LogP contribution < -0.4 is 0 Å². The van der Waals surface area contributed by atoms with E-state index in [0.717, 1.165) is 28.8 Å². The number of allylic oxidation sites excluding steroid dienone is 1. The lowest BCUT2D eigenvalue weighted by molar-refractivity contribution is 0.0698. The van der Waals surface area contributed by atoms with Crippen molar-refractivity contribution < 1.29 is 9.90 Å². The van der Waals surface area contributed by atoms with Crippen molar-refractivity contribution in [2.75, 3.05) is 0 Å². The van der Waals surface area contributed by atoms with Gasteiger partial charge in [0.2, 0.25) is 0 Å². The first kappa shape index (κ1) is 14.6. The van der Waals surface area contributed by atoms with Crippen molar-refractivity contribution in [1.82, 2.24) is 14.8 Å². The van der Waals surface area contributed by atoms with Gasteiger partial charge >= 0.3 is 5.97 Å². The molecule has 0 fully saturated rings.